The largest absolute Gasteiger partial charge is 0.477 e. The van der Waals surface area contributed by atoms with Gasteiger partial charge in [-0.25, -0.2) is 9.78 Å². The highest BCUT2D eigenvalue weighted by Gasteiger charge is 2.45. The number of hydrogen-bond acceptors (Lipinski definition) is 6. The Morgan fingerprint density at radius 2 is 1.93 bits per heavy atom. The van der Waals surface area contributed by atoms with Gasteiger partial charge in [0.05, 0.1) is 36.3 Å². The summed E-state index contributed by atoms with van der Waals surface area (Å²) in [5.41, 5.74) is -1.24. The first kappa shape index (κ1) is 21.8. The monoisotopic (exact) mass is 426 g/mol. The van der Waals surface area contributed by atoms with Crippen LogP contribution in [0.3, 0.4) is 0 Å². The number of anilines is 1. The molecule has 0 bridgehead atoms. The molecule has 1 aliphatic rings. The van der Waals surface area contributed by atoms with E-state index in [2.05, 4.69) is 20.6 Å². The molecule has 0 radical (unpaired) electrons. The van der Waals surface area contributed by atoms with Crippen molar-refractivity contribution in [3.05, 3.63) is 48.4 Å². The van der Waals surface area contributed by atoms with Crippen LogP contribution in [0.5, 0.6) is 5.88 Å². The Hall–Kier alpha value is -2.92. The van der Waals surface area contributed by atoms with E-state index in [-0.39, 0.29) is 31.9 Å². The van der Waals surface area contributed by atoms with E-state index in [0.29, 0.717) is 11.9 Å². The number of aromatic nitrogens is 2. The van der Waals surface area contributed by atoms with Gasteiger partial charge in [0, 0.05) is 30.4 Å². The van der Waals surface area contributed by atoms with Crippen molar-refractivity contribution in [2.24, 2.45) is 5.41 Å². The number of carbonyl (C=O) groups excluding carboxylic acids is 1. The van der Waals surface area contributed by atoms with Crippen LogP contribution in [0, 0.1) is 5.41 Å². The quantitative estimate of drug-likeness (QED) is 0.563. The Morgan fingerprint density at radius 1 is 1.20 bits per heavy atom. The molecule has 0 aromatic carbocycles. The number of urea groups is 1. The van der Waals surface area contributed by atoms with Gasteiger partial charge < -0.3 is 25.6 Å². The Morgan fingerprint density at radius 3 is 2.50 bits per heavy atom. The number of pyridine rings is 2. The molecule has 11 heteroatoms. The second kappa shape index (κ2) is 8.84. The average Bonchev–Trinajstić information content (AvgIpc) is 2.99. The molecule has 1 unspecified atom stereocenters. The molecule has 30 heavy (non-hydrogen) atoms. The highest BCUT2D eigenvalue weighted by atomic mass is 19.4. The molecular formula is C19H21F3N4O4. The molecule has 2 aromatic rings. The van der Waals surface area contributed by atoms with Crippen molar-refractivity contribution in [3.8, 4) is 5.88 Å². The second-order valence-electron chi connectivity index (χ2n) is 7.26. The summed E-state index contributed by atoms with van der Waals surface area (Å²) in [6.07, 6.45) is -2.53. The average molecular weight is 426 g/mol. The van der Waals surface area contributed by atoms with Gasteiger partial charge in [-0.1, -0.05) is 0 Å². The molecule has 0 spiro atoms. The summed E-state index contributed by atoms with van der Waals surface area (Å²) in [4.78, 5) is 19.7. The smallest absolute Gasteiger partial charge is 0.417 e. The molecule has 2 heterocycles. The van der Waals surface area contributed by atoms with Gasteiger partial charge >= 0.3 is 12.2 Å². The van der Waals surface area contributed by atoms with Crippen molar-refractivity contribution in [1.29, 1.82) is 0 Å². The molecule has 1 aliphatic carbocycles. The van der Waals surface area contributed by atoms with Crippen LogP contribution < -0.4 is 15.4 Å². The molecule has 1 saturated carbocycles. The number of alkyl halides is 3. The van der Waals surface area contributed by atoms with Gasteiger partial charge in [-0.15, -0.1) is 0 Å². The lowest BCUT2D eigenvalue weighted by Gasteiger charge is -2.29. The summed E-state index contributed by atoms with van der Waals surface area (Å²) in [6.45, 7) is 0.000503. The van der Waals surface area contributed by atoms with E-state index in [1.165, 1.54) is 6.20 Å². The number of carbonyl (C=O) groups is 1. The third-order valence-corrected chi connectivity index (χ3v) is 4.86. The SMILES string of the molecule is O=C(NCC1(COc2ccc(C(F)(F)F)cn2)C[C@@H](O)[C@@H](O)C1)Nc1cccnc1. The molecule has 2 amide bonds. The van der Waals surface area contributed by atoms with Gasteiger partial charge in [0.1, 0.15) is 0 Å². The van der Waals surface area contributed by atoms with Gasteiger partial charge in [0.2, 0.25) is 5.88 Å². The standard InChI is InChI=1S/C19H21F3N4O4/c20-19(21,22)12-3-4-16(24-8-12)30-11-18(6-14(27)15(28)7-18)10-25-17(29)26-13-2-1-5-23-9-13/h1-5,8-9,14-15,27-28H,6-7,10-11H2,(H2,25,26,29)/t14-,15+,18?. The fourth-order valence-corrected chi connectivity index (χ4v) is 3.30. The topological polar surface area (TPSA) is 117 Å². The van der Waals surface area contributed by atoms with Crippen molar-refractivity contribution in [2.75, 3.05) is 18.5 Å². The molecule has 0 aliphatic heterocycles. The Labute approximate surface area is 170 Å². The fourth-order valence-electron chi connectivity index (χ4n) is 3.30. The lowest BCUT2D eigenvalue weighted by molar-refractivity contribution is -0.137. The van der Waals surface area contributed by atoms with Gasteiger partial charge in [-0.05, 0) is 31.0 Å². The van der Waals surface area contributed by atoms with Crippen LogP contribution >= 0.6 is 0 Å². The second-order valence-corrected chi connectivity index (χ2v) is 7.26. The van der Waals surface area contributed by atoms with Crippen LogP contribution in [0.1, 0.15) is 18.4 Å². The summed E-state index contributed by atoms with van der Waals surface area (Å²) >= 11 is 0. The van der Waals surface area contributed by atoms with Gasteiger partial charge in [-0.3, -0.25) is 4.98 Å². The van der Waals surface area contributed by atoms with E-state index in [9.17, 15) is 28.2 Å². The third kappa shape index (κ3) is 5.57. The first-order valence-corrected chi connectivity index (χ1v) is 9.14. The Balaban J connectivity index is 1.61. The first-order chi connectivity index (χ1) is 14.2. The number of aliphatic hydroxyl groups excluding tert-OH is 2. The summed E-state index contributed by atoms with van der Waals surface area (Å²) in [6, 6.07) is 4.76. The highest BCUT2D eigenvalue weighted by molar-refractivity contribution is 5.88. The lowest BCUT2D eigenvalue weighted by atomic mass is 9.86. The maximum absolute atomic E-state index is 12.6. The number of hydrogen-bond donors (Lipinski definition) is 4. The van der Waals surface area contributed by atoms with Crippen LogP contribution in [0.15, 0.2) is 42.9 Å². The number of nitrogens with zero attached hydrogens (tertiary/aromatic N) is 2. The Bertz CT molecular complexity index is 839. The maximum Gasteiger partial charge on any atom is 0.417 e. The van der Waals surface area contributed by atoms with Crippen molar-refractivity contribution < 1.29 is 32.9 Å². The summed E-state index contributed by atoms with van der Waals surface area (Å²) in [5.74, 6) is -0.0296. The molecule has 3 rings (SSSR count). The third-order valence-electron chi connectivity index (χ3n) is 4.86. The molecule has 3 atom stereocenters. The predicted molar refractivity (Wildman–Crippen MR) is 99.7 cm³/mol. The van der Waals surface area contributed by atoms with Crippen LogP contribution in [-0.2, 0) is 6.18 Å². The molecule has 2 aromatic heterocycles. The van der Waals surface area contributed by atoms with Gasteiger partial charge in [0.25, 0.3) is 0 Å². The fraction of sp³-hybridized carbons (Fsp3) is 0.421. The van der Waals surface area contributed by atoms with Crippen molar-refractivity contribution >= 4 is 11.7 Å². The number of halogens is 3. The number of amides is 2. The number of rotatable bonds is 6. The van der Waals surface area contributed by atoms with Crippen molar-refractivity contribution in [2.45, 2.75) is 31.2 Å². The number of ether oxygens (including phenoxy) is 1. The molecule has 8 nitrogen and oxygen atoms in total. The number of nitrogens with one attached hydrogen (secondary N) is 2. The minimum Gasteiger partial charge on any atom is -0.477 e. The molecular weight excluding hydrogens is 405 g/mol. The zero-order chi connectivity index (χ0) is 21.8. The van der Waals surface area contributed by atoms with E-state index < -0.39 is 35.4 Å². The molecule has 0 saturated heterocycles. The zero-order valence-electron chi connectivity index (χ0n) is 15.8. The van der Waals surface area contributed by atoms with E-state index in [0.717, 1.165) is 12.1 Å². The minimum absolute atomic E-state index is 0.0296. The van der Waals surface area contributed by atoms with Gasteiger partial charge in [-0.2, -0.15) is 13.2 Å². The van der Waals surface area contributed by atoms with E-state index in [1.807, 2.05) is 0 Å². The lowest BCUT2D eigenvalue weighted by Crippen LogP contribution is -2.42. The van der Waals surface area contributed by atoms with E-state index in [4.69, 9.17) is 4.74 Å². The Kier molecular flexibility index (Phi) is 6.42. The molecule has 1 fully saturated rings. The maximum atomic E-state index is 12.6. The highest BCUT2D eigenvalue weighted by Crippen LogP contribution is 2.39. The van der Waals surface area contributed by atoms with E-state index in [1.54, 1.807) is 18.3 Å². The predicted octanol–water partition coefficient (Wildman–Crippen LogP) is 2.20. The van der Waals surface area contributed by atoms with E-state index >= 15 is 0 Å². The van der Waals surface area contributed by atoms with Crippen LogP contribution in [-0.4, -0.2) is 51.6 Å². The van der Waals surface area contributed by atoms with Crippen molar-refractivity contribution in [3.63, 3.8) is 0 Å². The minimum atomic E-state index is -4.50. The first-order valence-electron chi connectivity index (χ1n) is 9.14. The summed E-state index contributed by atoms with van der Waals surface area (Å²) < 4.78 is 43.5. The van der Waals surface area contributed by atoms with Gasteiger partial charge in [0.15, 0.2) is 0 Å². The number of aliphatic hydroxyl groups is 2. The van der Waals surface area contributed by atoms with Crippen molar-refractivity contribution in [1.82, 2.24) is 15.3 Å². The van der Waals surface area contributed by atoms with Crippen LogP contribution in [0.2, 0.25) is 0 Å². The van der Waals surface area contributed by atoms with Crippen LogP contribution in [0.4, 0.5) is 23.7 Å². The summed E-state index contributed by atoms with van der Waals surface area (Å²) in [7, 11) is 0. The normalized spacial score (nSPS) is 23.8. The molecule has 162 valence electrons. The zero-order valence-corrected chi connectivity index (χ0v) is 15.8. The summed E-state index contributed by atoms with van der Waals surface area (Å²) in [5, 5.41) is 25.2. The van der Waals surface area contributed by atoms with Crippen LogP contribution in [0.25, 0.3) is 0 Å². The molecule has 4 N–H and O–H groups in total.